The molecule has 7 nitrogen and oxygen atoms in total. The summed E-state index contributed by atoms with van der Waals surface area (Å²) in [5.74, 6) is -0.456. The van der Waals surface area contributed by atoms with Crippen molar-refractivity contribution in [2.24, 2.45) is 0 Å². The zero-order valence-corrected chi connectivity index (χ0v) is 13.2. The molecule has 1 aromatic heterocycles. The molecule has 0 atom stereocenters. The topological polar surface area (TPSA) is 98.9 Å². The maximum absolute atomic E-state index is 12.6. The van der Waals surface area contributed by atoms with E-state index in [1.165, 1.54) is 0 Å². The standard InChI is InChI=1S/C17H19N5O2/c23-16(19-10-5-6-10)11-3-1-2-4-13(11)20-17(24)15-12-9-18-8-7-14(12)21-22-15/h1-4,10,18H,5-9H2,(H,19,23)(H,20,24)(H,21,22). The van der Waals surface area contributed by atoms with Gasteiger partial charge < -0.3 is 16.0 Å². The predicted octanol–water partition coefficient (Wildman–Crippen LogP) is 1.20. The molecule has 1 aliphatic heterocycles. The smallest absolute Gasteiger partial charge is 0.276 e. The SMILES string of the molecule is O=C(NC1CC1)c1ccccc1NC(=O)c1n[nH]c2c1CNCC2. The normalized spacial score (nSPS) is 16.3. The lowest BCUT2D eigenvalue weighted by Crippen LogP contribution is -2.28. The van der Waals surface area contributed by atoms with Crippen molar-refractivity contribution < 1.29 is 9.59 Å². The molecule has 1 saturated carbocycles. The fraction of sp³-hybridized carbons (Fsp3) is 0.353. The highest BCUT2D eigenvalue weighted by Gasteiger charge is 2.26. The summed E-state index contributed by atoms with van der Waals surface area (Å²) >= 11 is 0. The van der Waals surface area contributed by atoms with Crippen LogP contribution in [-0.4, -0.2) is 34.6 Å². The zero-order chi connectivity index (χ0) is 16.5. The number of rotatable bonds is 4. The molecule has 7 heteroatoms. The molecular formula is C17H19N5O2. The Morgan fingerprint density at radius 2 is 2.00 bits per heavy atom. The summed E-state index contributed by atoms with van der Waals surface area (Å²) in [6.45, 7) is 1.50. The molecule has 1 fully saturated rings. The van der Waals surface area contributed by atoms with E-state index in [1.807, 2.05) is 0 Å². The Morgan fingerprint density at radius 3 is 2.83 bits per heavy atom. The van der Waals surface area contributed by atoms with E-state index in [0.717, 1.165) is 37.1 Å². The molecule has 1 aromatic carbocycles. The van der Waals surface area contributed by atoms with Gasteiger partial charge in [-0.3, -0.25) is 14.7 Å². The van der Waals surface area contributed by atoms with Gasteiger partial charge in [0, 0.05) is 36.8 Å². The summed E-state index contributed by atoms with van der Waals surface area (Å²) in [4.78, 5) is 24.9. The van der Waals surface area contributed by atoms with Crippen LogP contribution in [0.3, 0.4) is 0 Å². The molecule has 2 heterocycles. The summed E-state index contributed by atoms with van der Waals surface area (Å²) in [5.41, 5.74) is 3.26. The van der Waals surface area contributed by atoms with Crippen LogP contribution in [0.15, 0.2) is 24.3 Å². The highest BCUT2D eigenvalue weighted by Crippen LogP contribution is 2.22. The molecular weight excluding hydrogens is 306 g/mol. The van der Waals surface area contributed by atoms with E-state index in [0.29, 0.717) is 23.5 Å². The second-order valence-corrected chi connectivity index (χ2v) is 6.20. The predicted molar refractivity (Wildman–Crippen MR) is 88.9 cm³/mol. The van der Waals surface area contributed by atoms with E-state index in [2.05, 4.69) is 26.1 Å². The van der Waals surface area contributed by atoms with Crippen molar-refractivity contribution in [2.45, 2.75) is 31.8 Å². The number of hydrogen-bond acceptors (Lipinski definition) is 4. The number of hydrogen-bond donors (Lipinski definition) is 4. The molecule has 0 spiro atoms. The summed E-state index contributed by atoms with van der Waals surface area (Å²) in [5, 5.41) is 16.1. The van der Waals surface area contributed by atoms with Crippen LogP contribution in [0.2, 0.25) is 0 Å². The molecule has 0 saturated heterocycles. The molecule has 4 rings (SSSR count). The number of H-pyrrole nitrogens is 1. The molecule has 2 amide bonds. The van der Waals surface area contributed by atoms with Gasteiger partial charge >= 0.3 is 0 Å². The lowest BCUT2D eigenvalue weighted by Gasteiger charge is -2.14. The second-order valence-electron chi connectivity index (χ2n) is 6.20. The second kappa shape index (κ2) is 6.09. The fourth-order valence-corrected chi connectivity index (χ4v) is 2.88. The van der Waals surface area contributed by atoms with Crippen LogP contribution in [0.25, 0.3) is 0 Å². The maximum Gasteiger partial charge on any atom is 0.276 e. The van der Waals surface area contributed by atoms with Crippen molar-refractivity contribution in [3.63, 3.8) is 0 Å². The quantitative estimate of drug-likeness (QED) is 0.679. The van der Waals surface area contributed by atoms with Crippen LogP contribution >= 0.6 is 0 Å². The third-order valence-corrected chi connectivity index (χ3v) is 4.35. The van der Waals surface area contributed by atoms with Gasteiger partial charge in [0.1, 0.15) is 0 Å². The lowest BCUT2D eigenvalue weighted by atomic mass is 10.1. The van der Waals surface area contributed by atoms with E-state index >= 15 is 0 Å². The first-order valence-electron chi connectivity index (χ1n) is 8.20. The van der Waals surface area contributed by atoms with Crippen LogP contribution < -0.4 is 16.0 Å². The van der Waals surface area contributed by atoms with Crippen LogP contribution in [0, 0.1) is 0 Å². The maximum atomic E-state index is 12.6. The van der Waals surface area contributed by atoms with E-state index in [9.17, 15) is 9.59 Å². The zero-order valence-electron chi connectivity index (χ0n) is 13.2. The van der Waals surface area contributed by atoms with Gasteiger partial charge in [-0.1, -0.05) is 12.1 Å². The molecule has 2 aromatic rings. The lowest BCUT2D eigenvalue weighted by molar-refractivity contribution is 0.0952. The number of aromatic amines is 1. The van der Waals surface area contributed by atoms with Gasteiger partial charge in [0.05, 0.1) is 11.3 Å². The molecule has 1 aliphatic carbocycles. The summed E-state index contributed by atoms with van der Waals surface area (Å²) < 4.78 is 0. The van der Waals surface area contributed by atoms with E-state index in [4.69, 9.17) is 0 Å². The number of amides is 2. The largest absolute Gasteiger partial charge is 0.349 e. The van der Waals surface area contributed by atoms with Gasteiger partial charge in [-0.05, 0) is 25.0 Å². The number of nitrogens with one attached hydrogen (secondary N) is 4. The number of benzene rings is 1. The Hall–Kier alpha value is -2.67. The molecule has 0 bridgehead atoms. The average Bonchev–Trinajstić information content (AvgIpc) is 3.30. The molecule has 24 heavy (non-hydrogen) atoms. The Morgan fingerprint density at radius 1 is 1.17 bits per heavy atom. The van der Waals surface area contributed by atoms with E-state index in [-0.39, 0.29) is 17.9 Å². The minimum absolute atomic E-state index is 0.154. The van der Waals surface area contributed by atoms with Gasteiger partial charge in [0.2, 0.25) is 0 Å². The Kier molecular flexibility index (Phi) is 3.78. The minimum Gasteiger partial charge on any atom is -0.349 e. The number of carbonyl (C=O) groups is 2. The third kappa shape index (κ3) is 2.90. The van der Waals surface area contributed by atoms with Gasteiger partial charge in [-0.2, -0.15) is 5.10 Å². The van der Waals surface area contributed by atoms with Gasteiger partial charge in [0.15, 0.2) is 5.69 Å². The first kappa shape index (κ1) is 14.9. The van der Waals surface area contributed by atoms with Crippen molar-refractivity contribution >= 4 is 17.5 Å². The van der Waals surface area contributed by atoms with Crippen LogP contribution in [-0.2, 0) is 13.0 Å². The van der Waals surface area contributed by atoms with Crippen molar-refractivity contribution in [1.82, 2.24) is 20.8 Å². The van der Waals surface area contributed by atoms with Crippen LogP contribution in [0.4, 0.5) is 5.69 Å². The van der Waals surface area contributed by atoms with Crippen LogP contribution in [0.1, 0.15) is 44.9 Å². The van der Waals surface area contributed by atoms with Crippen molar-refractivity contribution in [3.8, 4) is 0 Å². The highest BCUT2D eigenvalue weighted by atomic mass is 16.2. The van der Waals surface area contributed by atoms with Crippen LogP contribution in [0.5, 0.6) is 0 Å². The summed E-state index contributed by atoms with van der Waals surface area (Å²) in [7, 11) is 0. The van der Waals surface area contributed by atoms with Crippen molar-refractivity contribution in [1.29, 1.82) is 0 Å². The number of fused-ring (bicyclic) bond motifs is 1. The third-order valence-electron chi connectivity index (χ3n) is 4.35. The Labute approximate surface area is 139 Å². The van der Waals surface area contributed by atoms with E-state index in [1.54, 1.807) is 24.3 Å². The number of aromatic nitrogens is 2. The molecule has 0 radical (unpaired) electrons. The number of anilines is 1. The van der Waals surface area contributed by atoms with Crippen molar-refractivity contribution in [3.05, 3.63) is 46.8 Å². The molecule has 0 unspecified atom stereocenters. The van der Waals surface area contributed by atoms with Crippen molar-refractivity contribution in [2.75, 3.05) is 11.9 Å². The number of carbonyl (C=O) groups excluding carboxylic acids is 2. The van der Waals surface area contributed by atoms with Gasteiger partial charge in [-0.15, -0.1) is 0 Å². The van der Waals surface area contributed by atoms with Gasteiger partial charge in [0.25, 0.3) is 11.8 Å². The molecule has 4 N–H and O–H groups in total. The van der Waals surface area contributed by atoms with E-state index < -0.39 is 0 Å². The number of para-hydroxylation sites is 1. The average molecular weight is 325 g/mol. The molecule has 2 aliphatic rings. The highest BCUT2D eigenvalue weighted by molar-refractivity contribution is 6.08. The fourth-order valence-electron chi connectivity index (χ4n) is 2.88. The monoisotopic (exact) mass is 325 g/mol. The minimum atomic E-state index is -0.303. The molecule has 124 valence electrons. The summed E-state index contributed by atoms with van der Waals surface area (Å²) in [6.07, 6.45) is 2.87. The van der Waals surface area contributed by atoms with Gasteiger partial charge in [-0.25, -0.2) is 0 Å². The first-order valence-corrected chi connectivity index (χ1v) is 8.20. The Bertz CT molecular complexity index is 794. The Balaban J connectivity index is 1.55. The summed E-state index contributed by atoms with van der Waals surface area (Å²) in [6, 6.07) is 7.31. The first-order chi connectivity index (χ1) is 11.7. The number of nitrogens with zero attached hydrogens (tertiary/aromatic N) is 1.